The third-order valence-corrected chi connectivity index (χ3v) is 3.55. The van der Waals surface area contributed by atoms with E-state index in [1.807, 2.05) is 0 Å². The van der Waals surface area contributed by atoms with Gasteiger partial charge in [-0.05, 0) is 45.8 Å². The topological polar surface area (TPSA) is 26.7 Å². The van der Waals surface area contributed by atoms with Gasteiger partial charge in [0.25, 0.3) is 0 Å². The molecule has 1 heterocycles. The van der Waals surface area contributed by atoms with Crippen LogP contribution in [0.5, 0.6) is 0 Å². The first kappa shape index (κ1) is 10.4. The zero-order valence-electron chi connectivity index (χ0n) is 9.15. The Hall–Kier alpha value is -0.120. The lowest BCUT2D eigenvalue weighted by molar-refractivity contribution is 0.162. The molecular weight excluding hydrogens is 176 g/mol. The van der Waals surface area contributed by atoms with Crippen molar-refractivity contribution >= 4 is 0 Å². The van der Waals surface area contributed by atoms with Crippen molar-refractivity contribution in [2.75, 3.05) is 33.3 Å². The van der Waals surface area contributed by atoms with Crippen LogP contribution in [0.1, 0.15) is 25.7 Å². The summed E-state index contributed by atoms with van der Waals surface area (Å²) < 4.78 is 0. The zero-order valence-corrected chi connectivity index (χ0v) is 9.15. The summed E-state index contributed by atoms with van der Waals surface area (Å²) in [6, 6.07) is 1.45. The van der Waals surface area contributed by atoms with Gasteiger partial charge in [0, 0.05) is 25.2 Å². The first-order chi connectivity index (χ1) is 6.81. The van der Waals surface area contributed by atoms with Gasteiger partial charge in [-0.15, -0.1) is 0 Å². The molecule has 0 aromatic heterocycles. The highest BCUT2D eigenvalue weighted by Crippen LogP contribution is 2.28. The third kappa shape index (κ3) is 2.47. The van der Waals surface area contributed by atoms with Gasteiger partial charge < -0.3 is 10.0 Å². The van der Waals surface area contributed by atoms with Crippen molar-refractivity contribution in [1.29, 1.82) is 0 Å². The Morgan fingerprint density at radius 2 is 2.07 bits per heavy atom. The molecule has 1 unspecified atom stereocenters. The van der Waals surface area contributed by atoms with E-state index in [-0.39, 0.29) is 0 Å². The predicted octanol–water partition coefficient (Wildman–Crippen LogP) is 0.537. The van der Waals surface area contributed by atoms with E-state index in [1.165, 1.54) is 38.9 Å². The van der Waals surface area contributed by atoms with Crippen LogP contribution in [0, 0.1) is 0 Å². The molecule has 0 spiro atoms. The molecule has 0 amide bonds. The first-order valence-corrected chi connectivity index (χ1v) is 5.86. The maximum atomic E-state index is 9.02. The van der Waals surface area contributed by atoms with E-state index >= 15 is 0 Å². The molecule has 2 fully saturated rings. The van der Waals surface area contributed by atoms with Crippen LogP contribution in [0.2, 0.25) is 0 Å². The standard InChI is InChI=1S/C11H22N2O/c1-12-6-2-7-13(10-3-4-10)9-11(12)5-8-14/h10-11,14H,2-9H2,1H3. The normalized spacial score (nSPS) is 31.7. The van der Waals surface area contributed by atoms with Crippen LogP contribution in [0.3, 0.4) is 0 Å². The van der Waals surface area contributed by atoms with Gasteiger partial charge in [0.05, 0.1) is 0 Å². The maximum absolute atomic E-state index is 9.02. The van der Waals surface area contributed by atoms with Crippen molar-refractivity contribution in [3.8, 4) is 0 Å². The molecule has 1 aliphatic heterocycles. The second-order valence-electron chi connectivity index (χ2n) is 4.73. The van der Waals surface area contributed by atoms with E-state index in [1.54, 1.807) is 0 Å². The number of hydrogen-bond donors (Lipinski definition) is 1. The number of aliphatic hydroxyl groups excluding tert-OH is 1. The summed E-state index contributed by atoms with van der Waals surface area (Å²) in [6.45, 7) is 3.94. The lowest BCUT2D eigenvalue weighted by Crippen LogP contribution is -2.40. The molecule has 0 bridgehead atoms. The van der Waals surface area contributed by atoms with Crippen LogP contribution in [0.25, 0.3) is 0 Å². The van der Waals surface area contributed by atoms with Crippen LogP contribution in [-0.4, -0.2) is 60.3 Å². The molecule has 1 N–H and O–H groups in total. The third-order valence-electron chi connectivity index (χ3n) is 3.55. The highest BCUT2D eigenvalue weighted by Gasteiger charge is 2.32. The molecule has 1 saturated heterocycles. The Balaban J connectivity index is 1.90. The van der Waals surface area contributed by atoms with E-state index in [0.717, 1.165) is 12.5 Å². The Morgan fingerprint density at radius 1 is 1.29 bits per heavy atom. The Bertz CT molecular complexity index is 182. The summed E-state index contributed by atoms with van der Waals surface area (Å²) in [5.41, 5.74) is 0. The van der Waals surface area contributed by atoms with E-state index in [0.29, 0.717) is 12.6 Å². The zero-order chi connectivity index (χ0) is 9.97. The fourth-order valence-corrected chi connectivity index (χ4v) is 2.44. The average Bonchev–Trinajstić information content (AvgIpc) is 2.95. The summed E-state index contributed by atoms with van der Waals surface area (Å²) in [4.78, 5) is 5.04. The number of rotatable bonds is 3. The number of aliphatic hydroxyl groups is 1. The number of likely N-dealkylation sites (N-methyl/N-ethyl adjacent to an activating group) is 1. The van der Waals surface area contributed by atoms with E-state index in [2.05, 4.69) is 16.8 Å². The largest absolute Gasteiger partial charge is 0.396 e. The number of nitrogens with zero attached hydrogens (tertiary/aromatic N) is 2. The molecule has 2 rings (SSSR count). The minimum Gasteiger partial charge on any atom is -0.396 e. The van der Waals surface area contributed by atoms with Gasteiger partial charge in [-0.25, -0.2) is 0 Å². The van der Waals surface area contributed by atoms with Gasteiger partial charge in [-0.2, -0.15) is 0 Å². The average molecular weight is 198 g/mol. The molecule has 2 aliphatic rings. The fourth-order valence-electron chi connectivity index (χ4n) is 2.44. The fraction of sp³-hybridized carbons (Fsp3) is 1.00. The second kappa shape index (κ2) is 4.60. The van der Waals surface area contributed by atoms with Crippen LogP contribution < -0.4 is 0 Å². The van der Waals surface area contributed by atoms with Crippen molar-refractivity contribution in [3.05, 3.63) is 0 Å². The lowest BCUT2D eigenvalue weighted by atomic mass is 10.2. The summed E-state index contributed by atoms with van der Waals surface area (Å²) in [6.07, 6.45) is 5.01. The number of hydrogen-bond acceptors (Lipinski definition) is 3. The van der Waals surface area contributed by atoms with Crippen molar-refractivity contribution in [3.63, 3.8) is 0 Å². The maximum Gasteiger partial charge on any atom is 0.0446 e. The molecule has 1 saturated carbocycles. The second-order valence-corrected chi connectivity index (χ2v) is 4.73. The van der Waals surface area contributed by atoms with E-state index in [4.69, 9.17) is 5.11 Å². The SMILES string of the molecule is CN1CCCN(C2CC2)CC1CCO. The highest BCUT2D eigenvalue weighted by atomic mass is 16.3. The molecule has 1 aliphatic carbocycles. The molecule has 0 aromatic carbocycles. The van der Waals surface area contributed by atoms with Crippen molar-refractivity contribution in [2.45, 2.75) is 37.8 Å². The molecular formula is C11H22N2O. The Kier molecular flexibility index (Phi) is 3.42. The van der Waals surface area contributed by atoms with Crippen LogP contribution in [-0.2, 0) is 0 Å². The van der Waals surface area contributed by atoms with E-state index in [9.17, 15) is 0 Å². The summed E-state index contributed by atoms with van der Waals surface area (Å²) in [5, 5.41) is 9.02. The summed E-state index contributed by atoms with van der Waals surface area (Å²) >= 11 is 0. The molecule has 82 valence electrons. The molecule has 14 heavy (non-hydrogen) atoms. The van der Waals surface area contributed by atoms with Crippen LogP contribution in [0.4, 0.5) is 0 Å². The Labute approximate surface area is 86.7 Å². The van der Waals surface area contributed by atoms with Gasteiger partial charge in [-0.1, -0.05) is 0 Å². The van der Waals surface area contributed by atoms with Gasteiger partial charge in [0.1, 0.15) is 0 Å². The Morgan fingerprint density at radius 3 is 2.71 bits per heavy atom. The van der Waals surface area contributed by atoms with Crippen LogP contribution >= 0.6 is 0 Å². The summed E-state index contributed by atoms with van der Waals surface area (Å²) in [5.74, 6) is 0. The quantitative estimate of drug-likeness (QED) is 0.717. The van der Waals surface area contributed by atoms with Crippen LogP contribution in [0.15, 0.2) is 0 Å². The monoisotopic (exact) mass is 198 g/mol. The predicted molar refractivity (Wildman–Crippen MR) is 57.3 cm³/mol. The minimum atomic E-state index is 0.327. The minimum absolute atomic E-state index is 0.327. The van der Waals surface area contributed by atoms with E-state index < -0.39 is 0 Å². The molecule has 0 radical (unpaired) electrons. The first-order valence-electron chi connectivity index (χ1n) is 5.86. The highest BCUT2D eigenvalue weighted by molar-refractivity contribution is 4.89. The molecule has 3 nitrogen and oxygen atoms in total. The van der Waals surface area contributed by atoms with Gasteiger partial charge in [0.15, 0.2) is 0 Å². The molecule has 3 heteroatoms. The van der Waals surface area contributed by atoms with Crippen molar-refractivity contribution in [1.82, 2.24) is 9.80 Å². The lowest BCUT2D eigenvalue weighted by Gasteiger charge is -2.28. The van der Waals surface area contributed by atoms with Crippen molar-refractivity contribution in [2.24, 2.45) is 0 Å². The summed E-state index contributed by atoms with van der Waals surface area (Å²) in [7, 11) is 2.19. The molecule has 0 aromatic rings. The molecule has 1 atom stereocenters. The van der Waals surface area contributed by atoms with Gasteiger partial charge in [-0.3, -0.25) is 4.90 Å². The smallest absolute Gasteiger partial charge is 0.0446 e. The van der Waals surface area contributed by atoms with Crippen molar-refractivity contribution < 1.29 is 5.11 Å². The van der Waals surface area contributed by atoms with Gasteiger partial charge >= 0.3 is 0 Å². The van der Waals surface area contributed by atoms with Gasteiger partial charge in [0.2, 0.25) is 0 Å².